The van der Waals surface area contributed by atoms with Gasteiger partial charge in [-0.15, -0.1) is 0 Å². The van der Waals surface area contributed by atoms with Crippen LogP contribution in [0.25, 0.3) is 6.08 Å². The zero-order chi connectivity index (χ0) is 15.2. The Morgan fingerprint density at radius 3 is 2.20 bits per heavy atom. The first kappa shape index (κ1) is 17.0. The predicted octanol–water partition coefficient (Wildman–Crippen LogP) is 5.12. The molecule has 0 bridgehead atoms. The second-order valence-electron chi connectivity index (χ2n) is 6.57. The predicted molar refractivity (Wildman–Crippen MR) is 89.8 cm³/mol. The number of rotatable bonds is 6. The van der Waals surface area contributed by atoms with Crippen molar-refractivity contribution in [3.8, 4) is 5.75 Å². The molecule has 20 heavy (non-hydrogen) atoms. The average molecular weight is 292 g/mol. The minimum atomic E-state index is -1.60. The van der Waals surface area contributed by atoms with E-state index in [2.05, 4.69) is 58.2 Å². The lowest BCUT2D eigenvalue weighted by atomic mass is 10.2. The van der Waals surface area contributed by atoms with Crippen molar-refractivity contribution in [3.63, 3.8) is 0 Å². The van der Waals surface area contributed by atoms with E-state index in [4.69, 9.17) is 9.16 Å². The Kier molecular flexibility index (Phi) is 6.02. The molecule has 0 unspecified atom stereocenters. The molecule has 0 N–H and O–H groups in total. The SMILES string of the molecule is COc1ccc(/C=C/CCO[Si](C)(C)C(C)(C)C)cc1. The highest BCUT2D eigenvalue weighted by atomic mass is 28.4. The van der Waals surface area contributed by atoms with Gasteiger partial charge in [0.25, 0.3) is 0 Å². The first-order chi connectivity index (χ1) is 9.26. The van der Waals surface area contributed by atoms with Crippen molar-refractivity contribution in [1.82, 2.24) is 0 Å². The van der Waals surface area contributed by atoms with Crippen LogP contribution in [-0.2, 0) is 4.43 Å². The number of hydrogen-bond acceptors (Lipinski definition) is 2. The van der Waals surface area contributed by atoms with Crippen LogP contribution >= 0.6 is 0 Å². The molecule has 1 rings (SSSR count). The molecule has 0 amide bonds. The molecule has 0 radical (unpaired) electrons. The van der Waals surface area contributed by atoms with Gasteiger partial charge in [0.15, 0.2) is 8.32 Å². The summed E-state index contributed by atoms with van der Waals surface area (Å²) in [5.74, 6) is 0.892. The van der Waals surface area contributed by atoms with Gasteiger partial charge in [0.2, 0.25) is 0 Å². The van der Waals surface area contributed by atoms with Crippen molar-refractivity contribution in [3.05, 3.63) is 35.9 Å². The lowest BCUT2D eigenvalue weighted by molar-refractivity contribution is 0.294. The first-order valence-corrected chi connectivity index (χ1v) is 10.1. The summed E-state index contributed by atoms with van der Waals surface area (Å²) in [5.41, 5.74) is 1.19. The second kappa shape index (κ2) is 7.09. The van der Waals surface area contributed by atoms with Crippen molar-refractivity contribution in [2.75, 3.05) is 13.7 Å². The van der Waals surface area contributed by atoms with Gasteiger partial charge in [-0.05, 0) is 42.2 Å². The third-order valence-electron chi connectivity index (χ3n) is 3.98. The zero-order valence-corrected chi connectivity index (χ0v) is 14.7. The van der Waals surface area contributed by atoms with Crippen molar-refractivity contribution >= 4 is 14.4 Å². The summed E-state index contributed by atoms with van der Waals surface area (Å²) in [4.78, 5) is 0. The molecule has 0 saturated carbocycles. The highest BCUT2D eigenvalue weighted by Crippen LogP contribution is 2.36. The Labute approximate surface area is 124 Å². The first-order valence-electron chi connectivity index (χ1n) is 7.21. The molecule has 1 aromatic carbocycles. The van der Waals surface area contributed by atoms with Gasteiger partial charge in [-0.2, -0.15) is 0 Å². The topological polar surface area (TPSA) is 18.5 Å². The summed E-state index contributed by atoms with van der Waals surface area (Å²) in [6, 6.07) is 8.08. The molecule has 2 nitrogen and oxygen atoms in total. The van der Waals surface area contributed by atoms with Crippen LogP contribution in [0.4, 0.5) is 0 Å². The molecule has 0 saturated heterocycles. The van der Waals surface area contributed by atoms with E-state index in [1.807, 2.05) is 12.1 Å². The summed E-state index contributed by atoms with van der Waals surface area (Å²) < 4.78 is 11.3. The van der Waals surface area contributed by atoms with Crippen molar-refractivity contribution in [1.29, 1.82) is 0 Å². The van der Waals surface area contributed by atoms with E-state index in [1.54, 1.807) is 7.11 Å². The Bertz CT molecular complexity index is 427. The second-order valence-corrected chi connectivity index (χ2v) is 11.4. The molecule has 0 spiro atoms. The molecule has 0 heterocycles. The van der Waals surface area contributed by atoms with Crippen LogP contribution in [0.15, 0.2) is 30.3 Å². The Morgan fingerprint density at radius 2 is 1.70 bits per heavy atom. The smallest absolute Gasteiger partial charge is 0.191 e. The van der Waals surface area contributed by atoms with Crippen molar-refractivity contribution in [2.45, 2.75) is 45.3 Å². The average Bonchev–Trinajstić information content (AvgIpc) is 2.37. The van der Waals surface area contributed by atoms with Gasteiger partial charge in [-0.3, -0.25) is 0 Å². The minimum Gasteiger partial charge on any atom is -0.497 e. The number of ether oxygens (including phenoxy) is 1. The maximum atomic E-state index is 6.14. The molecule has 1 aromatic rings. The molecular formula is C17H28O2Si. The number of hydrogen-bond donors (Lipinski definition) is 0. The van der Waals surface area contributed by atoms with Gasteiger partial charge < -0.3 is 9.16 Å². The summed E-state index contributed by atoms with van der Waals surface area (Å²) in [5, 5.41) is 0.284. The van der Waals surface area contributed by atoms with E-state index < -0.39 is 8.32 Å². The zero-order valence-electron chi connectivity index (χ0n) is 13.7. The van der Waals surface area contributed by atoms with Crippen LogP contribution < -0.4 is 4.74 Å². The summed E-state index contributed by atoms with van der Waals surface area (Å²) in [6.45, 7) is 12.2. The highest BCUT2D eigenvalue weighted by Gasteiger charge is 2.36. The van der Waals surface area contributed by atoms with Gasteiger partial charge in [0.05, 0.1) is 7.11 Å². The normalized spacial score (nSPS) is 12.9. The van der Waals surface area contributed by atoms with Gasteiger partial charge >= 0.3 is 0 Å². The maximum Gasteiger partial charge on any atom is 0.191 e. The van der Waals surface area contributed by atoms with Gasteiger partial charge in [-0.25, -0.2) is 0 Å². The number of methoxy groups -OCH3 is 1. The largest absolute Gasteiger partial charge is 0.497 e. The third-order valence-corrected chi connectivity index (χ3v) is 8.52. The Balaban J connectivity index is 2.38. The van der Waals surface area contributed by atoms with E-state index in [9.17, 15) is 0 Å². The van der Waals surface area contributed by atoms with E-state index >= 15 is 0 Å². The Hall–Kier alpha value is -1.06. The van der Waals surface area contributed by atoms with Crippen LogP contribution in [0.3, 0.4) is 0 Å². The molecule has 0 aliphatic rings. The fourth-order valence-corrected chi connectivity index (χ4v) is 2.59. The quantitative estimate of drug-likeness (QED) is 0.535. The van der Waals surface area contributed by atoms with Crippen LogP contribution in [0, 0.1) is 0 Å². The van der Waals surface area contributed by atoms with Crippen LogP contribution in [0.5, 0.6) is 5.75 Å². The van der Waals surface area contributed by atoms with Crippen LogP contribution in [0.2, 0.25) is 18.1 Å². The summed E-state index contributed by atoms with van der Waals surface area (Å²) in [7, 11) is 0.0866. The monoisotopic (exact) mass is 292 g/mol. The third kappa shape index (κ3) is 5.14. The molecule has 3 heteroatoms. The fraction of sp³-hybridized carbons (Fsp3) is 0.529. The molecule has 0 aliphatic carbocycles. The van der Waals surface area contributed by atoms with E-state index in [0.717, 1.165) is 18.8 Å². The van der Waals surface area contributed by atoms with Crippen molar-refractivity contribution < 1.29 is 9.16 Å². The van der Waals surface area contributed by atoms with E-state index in [1.165, 1.54) is 5.56 Å². The minimum absolute atomic E-state index is 0.284. The summed E-state index contributed by atoms with van der Waals surface area (Å²) in [6.07, 6.45) is 5.27. The lowest BCUT2D eigenvalue weighted by Gasteiger charge is -2.36. The highest BCUT2D eigenvalue weighted by molar-refractivity contribution is 6.74. The molecule has 0 atom stereocenters. The van der Waals surface area contributed by atoms with Gasteiger partial charge in [-0.1, -0.05) is 45.1 Å². The lowest BCUT2D eigenvalue weighted by Crippen LogP contribution is -2.40. The van der Waals surface area contributed by atoms with Crippen LogP contribution in [-0.4, -0.2) is 22.0 Å². The fourth-order valence-electron chi connectivity index (χ4n) is 1.53. The van der Waals surface area contributed by atoms with Crippen molar-refractivity contribution in [2.24, 2.45) is 0 Å². The summed E-state index contributed by atoms with van der Waals surface area (Å²) >= 11 is 0. The standard InChI is InChI=1S/C17H28O2Si/c1-17(2,3)20(5,6)19-14-8-7-9-15-10-12-16(18-4)13-11-15/h7,9-13H,8,14H2,1-6H3/b9-7+. The Morgan fingerprint density at radius 1 is 1.10 bits per heavy atom. The molecule has 0 fully saturated rings. The molecule has 112 valence electrons. The van der Waals surface area contributed by atoms with E-state index in [0.29, 0.717) is 0 Å². The maximum absolute atomic E-state index is 6.14. The molecular weight excluding hydrogens is 264 g/mol. The molecule has 0 aromatic heterocycles. The van der Waals surface area contributed by atoms with Crippen LogP contribution in [0.1, 0.15) is 32.8 Å². The van der Waals surface area contributed by atoms with E-state index in [-0.39, 0.29) is 5.04 Å². The molecule has 0 aliphatic heterocycles. The number of benzene rings is 1. The van der Waals surface area contributed by atoms with Gasteiger partial charge in [0, 0.05) is 6.61 Å². The van der Waals surface area contributed by atoms with Gasteiger partial charge in [0.1, 0.15) is 5.75 Å².